The molecule has 2 nitrogen and oxygen atoms in total. The minimum atomic E-state index is -0.170. The highest BCUT2D eigenvalue weighted by molar-refractivity contribution is 8.14. The molecule has 0 saturated heterocycles. The first kappa shape index (κ1) is 16.4. The van der Waals surface area contributed by atoms with Crippen molar-refractivity contribution >= 4 is 16.8 Å². The summed E-state index contributed by atoms with van der Waals surface area (Å²) < 4.78 is 0. The second-order valence-corrected chi connectivity index (χ2v) is 7.54. The molecule has 0 spiro atoms. The van der Waals surface area contributed by atoms with Gasteiger partial charge in [0.2, 0.25) is 0 Å². The summed E-state index contributed by atoms with van der Waals surface area (Å²) in [7, 11) is 0. The van der Waals surface area contributed by atoms with Crippen LogP contribution in [-0.4, -0.2) is 27.4 Å². The Kier molecular flexibility index (Phi) is 5.37. The summed E-state index contributed by atoms with van der Waals surface area (Å²) in [5, 5.41) is 1.19. The van der Waals surface area contributed by atoms with E-state index < -0.39 is 0 Å². The summed E-state index contributed by atoms with van der Waals surface area (Å²) in [5.74, 6) is 0.918. The molecule has 0 saturated carbocycles. The van der Waals surface area contributed by atoms with Gasteiger partial charge in [0, 0.05) is 23.6 Å². The van der Waals surface area contributed by atoms with Gasteiger partial charge in [0.25, 0.3) is 0 Å². The smallest absolute Gasteiger partial charge is 0.127 e. The summed E-state index contributed by atoms with van der Waals surface area (Å²) in [6, 6.07) is 0.453. The first-order chi connectivity index (χ1) is 9.95. The van der Waals surface area contributed by atoms with Gasteiger partial charge in [-0.2, -0.15) is 0 Å². The Labute approximate surface area is 134 Å². The lowest BCUT2D eigenvalue weighted by Gasteiger charge is -2.42. The summed E-state index contributed by atoms with van der Waals surface area (Å²) in [6.45, 7) is 12.7. The summed E-state index contributed by atoms with van der Waals surface area (Å²) in [6.07, 6.45) is 11.7. The molecule has 0 aromatic carbocycles. The number of hydrogen-bond acceptors (Lipinski definition) is 3. The van der Waals surface area contributed by atoms with E-state index in [2.05, 4.69) is 51.4 Å². The first-order valence-corrected chi connectivity index (χ1v) is 8.98. The Hall–Kier alpha value is -0.960. The minimum Gasteiger partial charge on any atom is -0.351 e. The molecule has 1 aliphatic carbocycles. The average molecular weight is 305 g/mol. The van der Waals surface area contributed by atoms with Gasteiger partial charge in [0.1, 0.15) is 10.7 Å². The predicted octanol–water partition coefficient (Wildman–Crippen LogP) is 5.15. The SMILES string of the molecule is C=CCSC1=NC(C)(C)N(C(C)C)C=C1C1=CCCCC1. The maximum atomic E-state index is 5.06. The van der Waals surface area contributed by atoms with Crippen molar-refractivity contribution < 1.29 is 0 Å². The van der Waals surface area contributed by atoms with Gasteiger partial charge in [-0.15, -0.1) is 18.3 Å². The van der Waals surface area contributed by atoms with Crippen LogP contribution in [0.15, 0.2) is 41.1 Å². The van der Waals surface area contributed by atoms with Crippen LogP contribution in [-0.2, 0) is 0 Å². The van der Waals surface area contributed by atoms with Gasteiger partial charge in [-0.3, -0.25) is 4.99 Å². The molecule has 0 aromatic heterocycles. The Morgan fingerprint density at radius 2 is 2.19 bits per heavy atom. The molecule has 0 fully saturated rings. The molecule has 0 unspecified atom stereocenters. The molecule has 0 atom stereocenters. The molecule has 2 aliphatic rings. The molecule has 1 aliphatic heterocycles. The lowest BCUT2D eigenvalue weighted by Crippen LogP contribution is -2.46. The number of aliphatic imine (C=N–C) groups is 1. The van der Waals surface area contributed by atoms with Crippen LogP contribution < -0.4 is 0 Å². The van der Waals surface area contributed by atoms with E-state index in [0.29, 0.717) is 6.04 Å². The van der Waals surface area contributed by atoms with Gasteiger partial charge >= 0.3 is 0 Å². The fourth-order valence-electron chi connectivity index (χ4n) is 3.05. The highest BCUT2D eigenvalue weighted by Crippen LogP contribution is 2.35. The quantitative estimate of drug-likeness (QED) is 0.668. The van der Waals surface area contributed by atoms with Crippen LogP contribution in [0.4, 0.5) is 0 Å². The van der Waals surface area contributed by atoms with Crippen molar-refractivity contribution in [2.45, 2.75) is 65.1 Å². The van der Waals surface area contributed by atoms with E-state index in [-0.39, 0.29) is 5.66 Å². The van der Waals surface area contributed by atoms with E-state index in [1.165, 1.54) is 41.9 Å². The van der Waals surface area contributed by atoms with E-state index >= 15 is 0 Å². The molecule has 21 heavy (non-hydrogen) atoms. The third-order valence-electron chi connectivity index (χ3n) is 4.04. The third-order valence-corrected chi connectivity index (χ3v) is 5.02. The molecule has 0 bridgehead atoms. The maximum Gasteiger partial charge on any atom is 0.127 e. The van der Waals surface area contributed by atoms with E-state index in [9.17, 15) is 0 Å². The topological polar surface area (TPSA) is 15.6 Å². The molecule has 116 valence electrons. The van der Waals surface area contributed by atoms with Crippen molar-refractivity contribution in [3.05, 3.63) is 36.1 Å². The van der Waals surface area contributed by atoms with Crippen molar-refractivity contribution in [2.24, 2.45) is 4.99 Å². The third kappa shape index (κ3) is 3.82. The highest BCUT2D eigenvalue weighted by atomic mass is 32.2. The van der Waals surface area contributed by atoms with E-state index in [4.69, 9.17) is 4.99 Å². The zero-order chi connectivity index (χ0) is 15.5. The Balaban J connectivity index is 2.37. The van der Waals surface area contributed by atoms with Gasteiger partial charge in [-0.05, 0) is 59.0 Å². The van der Waals surface area contributed by atoms with E-state index in [1.54, 1.807) is 0 Å². The second kappa shape index (κ2) is 6.87. The zero-order valence-electron chi connectivity index (χ0n) is 13.9. The van der Waals surface area contributed by atoms with Crippen molar-refractivity contribution in [1.82, 2.24) is 4.90 Å². The fraction of sp³-hybridized carbons (Fsp3) is 0.611. The van der Waals surface area contributed by atoms with Crippen molar-refractivity contribution in [3.63, 3.8) is 0 Å². The number of rotatable bonds is 4. The lowest BCUT2D eigenvalue weighted by atomic mass is 9.93. The molecule has 0 aromatic rings. The maximum absolute atomic E-state index is 5.06. The molecule has 3 heteroatoms. The monoisotopic (exact) mass is 304 g/mol. The van der Waals surface area contributed by atoms with Crippen LogP contribution in [0.1, 0.15) is 53.4 Å². The van der Waals surface area contributed by atoms with Crippen LogP contribution in [0.2, 0.25) is 0 Å². The molecule has 0 amide bonds. The molecular formula is C18H28N2S. The normalized spacial score (nSPS) is 21.8. The van der Waals surface area contributed by atoms with Crippen molar-refractivity contribution in [1.29, 1.82) is 0 Å². The number of nitrogens with zero attached hydrogens (tertiary/aromatic N) is 2. The van der Waals surface area contributed by atoms with Gasteiger partial charge in [0.15, 0.2) is 0 Å². The summed E-state index contributed by atoms with van der Waals surface area (Å²) in [4.78, 5) is 7.44. The second-order valence-electron chi connectivity index (χ2n) is 6.53. The van der Waals surface area contributed by atoms with Crippen molar-refractivity contribution in [3.8, 4) is 0 Å². The summed E-state index contributed by atoms with van der Waals surface area (Å²) in [5.41, 5.74) is 2.66. The first-order valence-electron chi connectivity index (χ1n) is 7.99. The zero-order valence-corrected chi connectivity index (χ0v) is 14.7. The molecule has 2 rings (SSSR count). The van der Waals surface area contributed by atoms with Crippen LogP contribution in [0.25, 0.3) is 0 Å². The average Bonchev–Trinajstić information content (AvgIpc) is 2.44. The fourth-order valence-corrected chi connectivity index (χ4v) is 3.95. The Morgan fingerprint density at radius 3 is 2.76 bits per heavy atom. The van der Waals surface area contributed by atoms with Crippen molar-refractivity contribution in [2.75, 3.05) is 5.75 Å². The van der Waals surface area contributed by atoms with Crippen LogP contribution >= 0.6 is 11.8 Å². The highest BCUT2D eigenvalue weighted by Gasteiger charge is 2.32. The van der Waals surface area contributed by atoms with E-state index in [1.807, 2.05) is 17.8 Å². The van der Waals surface area contributed by atoms with Gasteiger partial charge < -0.3 is 4.90 Å². The number of allylic oxidation sites excluding steroid dienone is 2. The number of hydrogen-bond donors (Lipinski definition) is 0. The van der Waals surface area contributed by atoms with Gasteiger partial charge in [-0.25, -0.2) is 0 Å². The molecule has 0 radical (unpaired) electrons. The molecule has 0 N–H and O–H groups in total. The Bertz CT molecular complexity index is 483. The van der Waals surface area contributed by atoms with E-state index in [0.717, 1.165) is 5.75 Å². The molecular weight excluding hydrogens is 276 g/mol. The summed E-state index contributed by atoms with van der Waals surface area (Å²) >= 11 is 1.81. The molecule has 1 heterocycles. The largest absolute Gasteiger partial charge is 0.351 e. The number of thioether (sulfide) groups is 1. The standard InChI is InChI=1S/C18H28N2S/c1-6-12-21-17-16(15-10-8-7-9-11-15)13-20(14(2)3)18(4,5)19-17/h6,10,13-14H,1,7-9,11-12H2,2-5H3. The Morgan fingerprint density at radius 1 is 1.43 bits per heavy atom. The lowest BCUT2D eigenvalue weighted by molar-refractivity contribution is 0.152. The van der Waals surface area contributed by atoms with Crippen LogP contribution in [0, 0.1) is 0 Å². The van der Waals surface area contributed by atoms with Gasteiger partial charge in [-0.1, -0.05) is 12.2 Å². The predicted molar refractivity (Wildman–Crippen MR) is 95.8 cm³/mol. The van der Waals surface area contributed by atoms with Crippen LogP contribution in [0.3, 0.4) is 0 Å². The van der Waals surface area contributed by atoms with Gasteiger partial charge in [0.05, 0.1) is 0 Å². The minimum absolute atomic E-state index is 0.170. The van der Waals surface area contributed by atoms with Crippen LogP contribution in [0.5, 0.6) is 0 Å².